The Morgan fingerprint density at radius 2 is 2.00 bits per heavy atom. The number of aliphatic hydroxyl groups is 1. The molecule has 0 bridgehead atoms. The summed E-state index contributed by atoms with van der Waals surface area (Å²) in [5, 5.41) is 14.1. The summed E-state index contributed by atoms with van der Waals surface area (Å²) in [4.78, 5) is 12.0. The predicted molar refractivity (Wildman–Crippen MR) is 84.8 cm³/mol. The van der Waals surface area contributed by atoms with Crippen LogP contribution in [0.3, 0.4) is 0 Å². The summed E-state index contributed by atoms with van der Waals surface area (Å²) in [5.41, 5.74) is -0.440. The largest absolute Gasteiger partial charge is 0.433 e. The van der Waals surface area contributed by atoms with Crippen LogP contribution in [0.5, 0.6) is 5.75 Å². The van der Waals surface area contributed by atoms with Gasteiger partial charge in [-0.3, -0.25) is 0 Å². The number of hydrogen-bond donors (Lipinski definition) is 3. The first kappa shape index (κ1) is 20.1. The highest BCUT2D eigenvalue weighted by atomic mass is 19.3. The Balaban J connectivity index is 2.75. The second kappa shape index (κ2) is 9.36. The van der Waals surface area contributed by atoms with Gasteiger partial charge in [0.25, 0.3) is 0 Å². The summed E-state index contributed by atoms with van der Waals surface area (Å²) in [7, 11) is 0. The zero-order chi connectivity index (χ0) is 18.2. The fourth-order valence-electron chi connectivity index (χ4n) is 2.41. The van der Waals surface area contributed by atoms with E-state index in [4.69, 9.17) is 5.11 Å². The van der Waals surface area contributed by atoms with Crippen molar-refractivity contribution in [2.75, 3.05) is 18.5 Å². The van der Waals surface area contributed by atoms with Crippen LogP contribution in [-0.4, -0.2) is 30.9 Å². The summed E-state index contributed by atoms with van der Waals surface area (Å²) in [6, 6.07) is 2.22. The molecular weight excluding hydrogens is 325 g/mol. The Bertz CT molecular complexity index is 537. The number of urea groups is 1. The molecule has 3 N–H and O–H groups in total. The lowest BCUT2D eigenvalue weighted by atomic mass is 9.79. The Labute approximate surface area is 139 Å². The van der Waals surface area contributed by atoms with E-state index in [1.165, 1.54) is 0 Å². The van der Waals surface area contributed by atoms with E-state index in [-0.39, 0.29) is 23.5 Å². The average Bonchev–Trinajstić information content (AvgIpc) is 2.54. The smallest absolute Gasteiger partial charge is 0.387 e. The van der Waals surface area contributed by atoms with Crippen molar-refractivity contribution in [1.82, 2.24) is 5.32 Å². The van der Waals surface area contributed by atoms with Crippen LogP contribution < -0.4 is 15.4 Å². The average molecular weight is 348 g/mol. The number of hydrogen-bond acceptors (Lipinski definition) is 3. The van der Waals surface area contributed by atoms with Crippen LogP contribution in [0.25, 0.3) is 0 Å². The molecule has 8 heteroatoms. The van der Waals surface area contributed by atoms with Crippen LogP contribution in [0, 0.1) is 11.2 Å². The summed E-state index contributed by atoms with van der Waals surface area (Å²) in [5.74, 6) is -1.02. The van der Waals surface area contributed by atoms with Gasteiger partial charge in [0, 0.05) is 19.2 Å². The SMILES string of the molecule is CCC(CC)(CCO)CNC(=O)Nc1cc(F)ccc1OC(F)F. The monoisotopic (exact) mass is 348 g/mol. The molecule has 0 aliphatic heterocycles. The topological polar surface area (TPSA) is 70.6 Å². The first-order valence-corrected chi connectivity index (χ1v) is 7.76. The Morgan fingerprint density at radius 3 is 2.54 bits per heavy atom. The molecule has 0 radical (unpaired) electrons. The maximum atomic E-state index is 13.3. The van der Waals surface area contributed by atoms with Crippen LogP contribution in [0.1, 0.15) is 33.1 Å². The minimum absolute atomic E-state index is 0.00124. The zero-order valence-corrected chi connectivity index (χ0v) is 13.7. The molecule has 5 nitrogen and oxygen atoms in total. The van der Waals surface area contributed by atoms with E-state index in [1.807, 2.05) is 13.8 Å². The van der Waals surface area contributed by atoms with E-state index in [0.717, 1.165) is 31.0 Å². The molecule has 1 aromatic rings. The van der Waals surface area contributed by atoms with Gasteiger partial charge in [0.05, 0.1) is 5.69 Å². The molecule has 2 amide bonds. The van der Waals surface area contributed by atoms with E-state index in [0.29, 0.717) is 13.0 Å². The summed E-state index contributed by atoms with van der Waals surface area (Å²) in [6.45, 7) is 1.13. The number of alkyl halides is 2. The van der Waals surface area contributed by atoms with Crippen LogP contribution in [0.15, 0.2) is 18.2 Å². The Hall–Kier alpha value is -1.96. The number of ether oxygens (including phenoxy) is 1. The number of carbonyl (C=O) groups excluding carboxylic acids is 1. The molecule has 1 aromatic carbocycles. The number of halogens is 3. The molecule has 0 spiro atoms. The molecule has 0 heterocycles. The predicted octanol–water partition coefficient (Wildman–Crippen LogP) is 3.74. The first-order chi connectivity index (χ1) is 11.4. The molecule has 24 heavy (non-hydrogen) atoms. The van der Waals surface area contributed by atoms with Gasteiger partial charge in [0.2, 0.25) is 0 Å². The van der Waals surface area contributed by atoms with Crippen LogP contribution in [0.2, 0.25) is 0 Å². The van der Waals surface area contributed by atoms with Gasteiger partial charge in [0.15, 0.2) is 0 Å². The van der Waals surface area contributed by atoms with Crippen LogP contribution >= 0.6 is 0 Å². The minimum atomic E-state index is -3.09. The number of aliphatic hydroxyl groups excluding tert-OH is 1. The first-order valence-electron chi connectivity index (χ1n) is 7.76. The van der Waals surface area contributed by atoms with E-state index >= 15 is 0 Å². The van der Waals surface area contributed by atoms with Crippen molar-refractivity contribution >= 4 is 11.7 Å². The molecule has 0 atom stereocenters. The molecule has 1 rings (SSSR count). The van der Waals surface area contributed by atoms with Gasteiger partial charge in [-0.15, -0.1) is 0 Å². The maximum Gasteiger partial charge on any atom is 0.387 e. The van der Waals surface area contributed by atoms with Crippen molar-refractivity contribution in [3.05, 3.63) is 24.0 Å². The van der Waals surface area contributed by atoms with Crippen LogP contribution in [-0.2, 0) is 0 Å². The van der Waals surface area contributed by atoms with Crippen molar-refractivity contribution in [1.29, 1.82) is 0 Å². The fourth-order valence-corrected chi connectivity index (χ4v) is 2.41. The standard InChI is InChI=1S/C16H23F3N2O3/c1-3-16(4-2,7-8-22)10-20-15(23)21-12-9-11(17)5-6-13(12)24-14(18)19/h5-6,9,14,22H,3-4,7-8,10H2,1-2H3,(H2,20,21,23). The second-order valence-electron chi connectivity index (χ2n) is 5.51. The highest BCUT2D eigenvalue weighted by Crippen LogP contribution is 2.30. The van der Waals surface area contributed by atoms with Crippen LogP contribution in [0.4, 0.5) is 23.7 Å². The van der Waals surface area contributed by atoms with Crippen molar-refractivity contribution in [3.8, 4) is 5.75 Å². The summed E-state index contributed by atoms with van der Waals surface area (Å²) < 4.78 is 42.2. The summed E-state index contributed by atoms with van der Waals surface area (Å²) in [6.07, 6.45) is 2.04. The molecule has 0 unspecified atom stereocenters. The van der Waals surface area contributed by atoms with Gasteiger partial charge in [-0.05, 0) is 36.8 Å². The lowest BCUT2D eigenvalue weighted by Gasteiger charge is -2.31. The molecular formula is C16H23F3N2O3. The van der Waals surface area contributed by atoms with Gasteiger partial charge in [-0.25, -0.2) is 9.18 Å². The van der Waals surface area contributed by atoms with Crippen molar-refractivity contribution in [3.63, 3.8) is 0 Å². The fraction of sp³-hybridized carbons (Fsp3) is 0.562. The number of carbonyl (C=O) groups is 1. The molecule has 0 aliphatic carbocycles. The van der Waals surface area contributed by atoms with E-state index in [1.54, 1.807) is 0 Å². The third-order valence-corrected chi connectivity index (χ3v) is 4.17. The van der Waals surface area contributed by atoms with Crippen molar-refractivity contribution in [2.24, 2.45) is 5.41 Å². The van der Waals surface area contributed by atoms with Gasteiger partial charge in [-0.2, -0.15) is 8.78 Å². The lowest BCUT2D eigenvalue weighted by molar-refractivity contribution is -0.0494. The quantitative estimate of drug-likeness (QED) is 0.637. The molecule has 0 fully saturated rings. The molecule has 0 aliphatic rings. The lowest BCUT2D eigenvalue weighted by Crippen LogP contribution is -2.39. The number of nitrogens with one attached hydrogen (secondary N) is 2. The highest BCUT2D eigenvalue weighted by molar-refractivity contribution is 5.90. The van der Waals surface area contributed by atoms with Crippen molar-refractivity contribution < 1.29 is 27.8 Å². The third kappa shape index (κ3) is 5.92. The zero-order valence-electron chi connectivity index (χ0n) is 13.7. The van der Waals surface area contributed by atoms with E-state index < -0.39 is 18.5 Å². The molecule has 136 valence electrons. The molecule has 0 saturated carbocycles. The third-order valence-electron chi connectivity index (χ3n) is 4.17. The van der Waals surface area contributed by atoms with Gasteiger partial charge >= 0.3 is 12.6 Å². The second-order valence-corrected chi connectivity index (χ2v) is 5.51. The molecule has 0 aromatic heterocycles. The highest BCUT2D eigenvalue weighted by Gasteiger charge is 2.26. The normalized spacial score (nSPS) is 11.5. The van der Waals surface area contributed by atoms with Crippen molar-refractivity contribution in [2.45, 2.75) is 39.7 Å². The van der Waals surface area contributed by atoms with Gasteiger partial charge in [0.1, 0.15) is 11.6 Å². The summed E-state index contributed by atoms with van der Waals surface area (Å²) >= 11 is 0. The van der Waals surface area contributed by atoms with Gasteiger partial charge in [-0.1, -0.05) is 13.8 Å². The number of benzene rings is 1. The molecule has 0 saturated heterocycles. The Kier molecular flexibility index (Phi) is 7.84. The number of amides is 2. The number of rotatable bonds is 9. The Morgan fingerprint density at radius 1 is 1.33 bits per heavy atom. The number of anilines is 1. The maximum absolute atomic E-state index is 13.3. The van der Waals surface area contributed by atoms with E-state index in [2.05, 4.69) is 15.4 Å². The van der Waals surface area contributed by atoms with Gasteiger partial charge < -0.3 is 20.5 Å². The minimum Gasteiger partial charge on any atom is -0.433 e. The van der Waals surface area contributed by atoms with E-state index in [9.17, 15) is 18.0 Å².